The number of hydrogen-bond donors (Lipinski definition) is 0. The highest BCUT2D eigenvalue weighted by atomic mass is 35.5. The van der Waals surface area contributed by atoms with Crippen LogP contribution in [0.2, 0.25) is 5.02 Å². The third-order valence-electron chi connectivity index (χ3n) is 3.49. The first-order valence-corrected chi connectivity index (χ1v) is 8.07. The van der Waals surface area contributed by atoms with Gasteiger partial charge in [-0.3, -0.25) is 9.78 Å². The maximum Gasteiger partial charge on any atom is 0.162 e. The van der Waals surface area contributed by atoms with E-state index in [0.717, 1.165) is 31.5 Å². The van der Waals surface area contributed by atoms with Crippen molar-refractivity contribution in [3.05, 3.63) is 64.9 Å². The van der Waals surface area contributed by atoms with Gasteiger partial charge in [-0.2, -0.15) is 0 Å². The van der Waals surface area contributed by atoms with Gasteiger partial charge in [-0.15, -0.1) is 11.3 Å². The molecule has 2 nitrogen and oxygen atoms in total. The Balaban J connectivity index is 2.11. The van der Waals surface area contributed by atoms with Gasteiger partial charge < -0.3 is 0 Å². The summed E-state index contributed by atoms with van der Waals surface area (Å²) in [6.07, 6.45) is 3.36. The molecule has 1 aromatic carbocycles. The van der Waals surface area contributed by atoms with Crippen molar-refractivity contribution >= 4 is 28.7 Å². The first kappa shape index (κ1) is 14.9. The largest absolute Gasteiger partial charge is 0.294 e. The number of carbonyl (C=O) groups excluding carboxylic acids is 1. The molecular formula is C18H14ClNOS. The van der Waals surface area contributed by atoms with Crippen LogP contribution in [0.1, 0.15) is 22.8 Å². The number of aromatic nitrogens is 1. The molecule has 2 heterocycles. The van der Waals surface area contributed by atoms with E-state index >= 15 is 0 Å². The highest BCUT2D eigenvalue weighted by Gasteiger charge is 2.15. The van der Waals surface area contributed by atoms with Crippen LogP contribution in [0.25, 0.3) is 20.9 Å². The number of aryl methyl sites for hydroxylation is 1. The molecule has 2 aromatic heterocycles. The number of halogens is 1. The van der Waals surface area contributed by atoms with Crippen LogP contribution in [0.15, 0.2) is 48.8 Å². The summed E-state index contributed by atoms with van der Waals surface area (Å²) < 4.78 is 0. The monoisotopic (exact) mass is 327 g/mol. The molecule has 0 radical (unpaired) electrons. The molecule has 22 heavy (non-hydrogen) atoms. The lowest BCUT2D eigenvalue weighted by atomic mass is 10.0. The molecule has 0 fully saturated rings. The molecule has 0 atom stereocenters. The predicted molar refractivity (Wildman–Crippen MR) is 92.7 cm³/mol. The molecule has 0 aliphatic rings. The van der Waals surface area contributed by atoms with Gasteiger partial charge in [0.1, 0.15) is 0 Å². The number of nitrogens with zero attached hydrogens (tertiary/aromatic N) is 1. The fraction of sp³-hybridized carbons (Fsp3) is 0.111. The number of thiophene rings is 1. The molecule has 0 N–H and O–H groups in total. The third-order valence-corrected chi connectivity index (χ3v) is 5.06. The summed E-state index contributed by atoms with van der Waals surface area (Å²) in [5.41, 5.74) is 3.89. The van der Waals surface area contributed by atoms with Gasteiger partial charge in [0.25, 0.3) is 0 Å². The van der Waals surface area contributed by atoms with Gasteiger partial charge in [0.2, 0.25) is 0 Å². The molecule has 0 bridgehead atoms. The second-order valence-corrected chi connectivity index (χ2v) is 6.60. The summed E-state index contributed by atoms with van der Waals surface area (Å²) in [6, 6.07) is 11.8. The standard InChI is InChI=1S/C18H14ClNOS/c1-11-9-17(13-3-5-14(19)6-4-13)22-18(11)15-7-8-20-10-16(15)12(2)21/h3-10H,1-2H3. The number of carbonyl (C=O) groups is 1. The van der Waals surface area contributed by atoms with Crippen LogP contribution in [0.5, 0.6) is 0 Å². The Bertz CT molecular complexity index is 837. The number of Topliss-reactive ketones (excluding diaryl/α,β-unsaturated/α-hetero) is 1. The van der Waals surface area contributed by atoms with Crippen molar-refractivity contribution in [2.24, 2.45) is 0 Å². The smallest absolute Gasteiger partial charge is 0.162 e. The van der Waals surface area contributed by atoms with Crippen molar-refractivity contribution in [2.75, 3.05) is 0 Å². The fourth-order valence-corrected chi connectivity index (χ4v) is 3.72. The van der Waals surface area contributed by atoms with Gasteiger partial charge in [0.05, 0.1) is 0 Å². The molecule has 0 unspecified atom stereocenters. The summed E-state index contributed by atoms with van der Waals surface area (Å²) in [5, 5.41) is 0.727. The molecule has 0 saturated carbocycles. The van der Waals surface area contributed by atoms with Gasteiger partial charge in [0, 0.05) is 38.3 Å². The normalized spacial score (nSPS) is 10.7. The summed E-state index contributed by atoms with van der Waals surface area (Å²) in [4.78, 5) is 18.2. The van der Waals surface area contributed by atoms with Crippen molar-refractivity contribution in [2.45, 2.75) is 13.8 Å². The Labute approximate surface area is 138 Å². The molecule has 0 saturated heterocycles. The minimum Gasteiger partial charge on any atom is -0.294 e. The molecular weight excluding hydrogens is 314 g/mol. The number of benzene rings is 1. The number of hydrogen-bond acceptors (Lipinski definition) is 3. The van der Waals surface area contributed by atoms with Crippen LogP contribution in [-0.2, 0) is 0 Å². The Hall–Kier alpha value is -1.97. The molecule has 0 aliphatic carbocycles. The summed E-state index contributed by atoms with van der Waals surface area (Å²) in [6.45, 7) is 3.64. The Morgan fingerprint density at radius 1 is 1.18 bits per heavy atom. The van der Waals surface area contributed by atoms with E-state index in [0.29, 0.717) is 5.56 Å². The van der Waals surface area contributed by atoms with Gasteiger partial charge in [-0.1, -0.05) is 23.7 Å². The molecule has 3 rings (SSSR count). The van der Waals surface area contributed by atoms with Crippen molar-refractivity contribution in [3.63, 3.8) is 0 Å². The molecule has 4 heteroatoms. The van der Waals surface area contributed by atoms with Crippen molar-refractivity contribution in [1.29, 1.82) is 0 Å². The maximum absolute atomic E-state index is 11.8. The van der Waals surface area contributed by atoms with E-state index < -0.39 is 0 Å². The van der Waals surface area contributed by atoms with E-state index in [2.05, 4.69) is 18.0 Å². The van der Waals surface area contributed by atoms with Crippen molar-refractivity contribution < 1.29 is 4.79 Å². The third kappa shape index (κ3) is 2.82. The molecule has 110 valence electrons. The second-order valence-electron chi connectivity index (χ2n) is 5.11. The van der Waals surface area contributed by atoms with E-state index in [1.165, 1.54) is 0 Å². The van der Waals surface area contributed by atoms with Crippen LogP contribution in [0, 0.1) is 6.92 Å². The van der Waals surface area contributed by atoms with Crippen LogP contribution in [0.4, 0.5) is 0 Å². The van der Waals surface area contributed by atoms with Crippen molar-refractivity contribution in [3.8, 4) is 20.9 Å². The quantitative estimate of drug-likeness (QED) is 0.582. The van der Waals surface area contributed by atoms with E-state index in [-0.39, 0.29) is 5.78 Å². The maximum atomic E-state index is 11.8. The van der Waals surface area contributed by atoms with E-state index in [1.807, 2.05) is 30.3 Å². The van der Waals surface area contributed by atoms with Crippen LogP contribution in [0.3, 0.4) is 0 Å². The van der Waals surface area contributed by atoms with E-state index in [4.69, 9.17) is 11.6 Å². The van der Waals surface area contributed by atoms with Gasteiger partial charge in [-0.05, 0) is 49.2 Å². The lowest BCUT2D eigenvalue weighted by Gasteiger charge is -2.05. The number of rotatable bonds is 3. The zero-order valence-corrected chi connectivity index (χ0v) is 13.8. The molecule has 0 spiro atoms. The summed E-state index contributed by atoms with van der Waals surface area (Å²) >= 11 is 7.63. The predicted octanol–water partition coefficient (Wildman–Crippen LogP) is 5.64. The van der Waals surface area contributed by atoms with Crippen LogP contribution >= 0.6 is 22.9 Å². The van der Waals surface area contributed by atoms with Gasteiger partial charge in [-0.25, -0.2) is 0 Å². The highest BCUT2D eigenvalue weighted by molar-refractivity contribution is 7.19. The second kappa shape index (κ2) is 6.03. The fourth-order valence-electron chi connectivity index (χ4n) is 2.38. The van der Waals surface area contributed by atoms with E-state index in [1.54, 1.807) is 30.7 Å². The minimum atomic E-state index is 0.0314. The first-order valence-electron chi connectivity index (χ1n) is 6.88. The first-order chi connectivity index (χ1) is 10.6. The minimum absolute atomic E-state index is 0.0314. The molecule has 0 aliphatic heterocycles. The number of pyridine rings is 1. The lowest BCUT2D eigenvalue weighted by molar-refractivity contribution is 0.101. The summed E-state index contributed by atoms with van der Waals surface area (Å²) in [5.74, 6) is 0.0314. The molecule has 0 amide bonds. The Kier molecular flexibility index (Phi) is 4.10. The highest BCUT2D eigenvalue weighted by Crippen LogP contribution is 2.39. The van der Waals surface area contributed by atoms with Gasteiger partial charge >= 0.3 is 0 Å². The van der Waals surface area contributed by atoms with Crippen LogP contribution in [-0.4, -0.2) is 10.8 Å². The Morgan fingerprint density at radius 2 is 1.91 bits per heavy atom. The Morgan fingerprint density at radius 3 is 2.59 bits per heavy atom. The van der Waals surface area contributed by atoms with Crippen LogP contribution < -0.4 is 0 Å². The summed E-state index contributed by atoms with van der Waals surface area (Å²) in [7, 11) is 0. The zero-order valence-electron chi connectivity index (χ0n) is 12.3. The average molecular weight is 328 g/mol. The number of ketones is 1. The lowest BCUT2D eigenvalue weighted by Crippen LogP contribution is -1.96. The zero-order chi connectivity index (χ0) is 15.7. The average Bonchev–Trinajstić information content (AvgIpc) is 2.89. The van der Waals surface area contributed by atoms with E-state index in [9.17, 15) is 4.79 Å². The van der Waals surface area contributed by atoms with Gasteiger partial charge in [0.15, 0.2) is 5.78 Å². The molecule has 3 aromatic rings. The topological polar surface area (TPSA) is 30.0 Å². The van der Waals surface area contributed by atoms with Crippen molar-refractivity contribution in [1.82, 2.24) is 4.98 Å². The SMILES string of the molecule is CC(=O)c1cnccc1-c1sc(-c2ccc(Cl)cc2)cc1C.